The summed E-state index contributed by atoms with van der Waals surface area (Å²) < 4.78 is 16.4. The molecule has 0 aliphatic heterocycles. The van der Waals surface area contributed by atoms with Gasteiger partial charge in [0.15, 0.2) is 17.5 Å². The molecule has 9 atom stereocenters. The smallest absolute Gasteiger partial charge is 0.334 e. The average Bonchev–Trinajstić information content (AvgIpc) is 3.38. The highest BCUT2D eigenvalue weighted by Gasteiger charge is 2.77. The normalized spacial score (nSPS) is 41.5. The van der Waals surface area contributed by atoms with Crippen molar-refractivity contribution >= 4 is 23.7 Å². The molecule has 2 N–H and O–H groups in total. The van der Waals surface area contributed by atoms with E-state index in [1.54, 1.807) is 39.0 Å². The van der Waals surface area contributed by atoms with E-state index in [4.69, 9.17) is 14.2 Å². The Morgan fingerprint density at radius 1 is 1.16 bits per heavy atom. The van der Waals surface area contributed by atoms with Crippen molar-refractivity contribution in [1.29, 1.82) is 0 Å². The molecule has 0 aromatic rings. The summed E-state index contributed by atoms with van der Waals surface area (Å²) >= 11 is 0. The highest BCUT2D eigenvalue weighted by Crippen LogP contribution is 2.72. The van der Waals surface area contributed by atoms with Gasteiger partial charge in [0.25, 0.3) is 0 Å². The van der Waals surface area contributed by atoms with Crippen molar-refractivity contribution in [3.8, 4) is 0 Å². The lowest BCUT2D eigenvalue weighted by Gasteiger charge is -2.48. The van der Waals surface area contributed by atoms with Crippen LogP contribution in [-0.2, 0) is 33.4 Å². The van der Waals surface area contributed by atoms with Gasteiger partial charge in [0.05, 0.1) is 12.0 Å². The maximum absolute atomic E-state index is 14.6. The summed E-state index contributed by atoms with van der Waals surface area (Å²) in [6.45, 7) is 11.2. The molecule has 2 bridgehead atoms. The molecule has 2 saturated carbocycles. The van der Waals surface area contributed by atoms with Crippen LogP contribution in [-0.4, -0.2) is 64.9 Å². The molecular weight excluding hydrogens is 492 g/mol. The Kier molecular flexibility index (Phi) is 7.02. The van der Waals surface area contributed by atoms with E-state index in [0.29, 0.717) is 17.6 Å². The summed E-state index contributed by atoms with van der Waals surface area (Å²) in [5, 5.41) is 24.3. The molecule has 4 rings (SSSR count). The first kappa shape index (κ1) is 28.2. The number of esters is 3. The fraction of sp³-hybridized carbons (Fsp3) is 0.655. The fourth-order valence-electron chi connectivity index (χ4n) is 7.37. The molecule has 208 valence electrons. The Bertz CT molecular complexity index is 1160. The van der Waals surface area contributed by atoms with Crippen molar-refractivity contribution < 1.29 is 43.6 Å². The van der Waals surface area contributed by atoms with Crippen LogP contribution in [0.2, 0.25) is 0 Å². The van der Waals surface area contributed by atoms with Gasteiger partial charge in [-0.05, 0) is 56.1 Å². The highest BCUT2D eigenvalue weighted by molar-refractivity contribution is 5.96. The summed E-state index contributed by atoms with van der Waals surface area (Å²) in [5.74, 6) is -3.33. The van der Waals surface area contributed by atoms with Crippen molar-refractivity contribution in [2.24, 2.45) is 34.5 Å². The third-order valence-corrected chi connectivity index (χ3v) is 9.52. The van der Waals surface area contributed by atoms with Crippen molar-refractivity contribution in [3.63, 3.8) is 0 Å². The third kappa shape index (κ3) is 3.88. The lowest BCUT2D eigenvalue weighted by Crippen LogP contribution is -2.66. The first-order valence-electron chi connectivity index (χ1n) is 13.1. The van der Waals surface area contributed by atoms with Crippen molar-refractivity contribution in [2.45, 2.75) is 72.7 Å². The van der Waals surface area contributed by atoms with Gasteiger partial charge in [-0.2, -0.15) is 0 Å². The summed E-state index contributed by atoms with van der Waals surface area (Å²) in [6.07, 6.45) is 2.44. The molecule has 0 aromatic carbocycles. The van der Waals surface area contributed by atoms with Crippen LogP contribution in [0.15, 0.2) is 34.9 Å². The second-order valence-corrected chi connectivity index (χ2v) is 11.7. The molecule has 0 amide bonds. The number of fused-ring (bicyclic) bond motifs is 3. The van der Waals surface area contributed by atoms with E-state index < -0.39 is 58.4 Å². The lowest BCUT2D eigenvalue weighted by atomic mass is 9.59. The number of rotatable bonds is 6. The average molecular weight is 531 g/mol. The molecule has 0 heterocycles. The summed E-state index contributed by atoms with van der Waals surface area (Å²) in [6, 6.07) is 0. The molecule has 38 heavy (non-hydrogen) atoms. The van der Waals surface area contributed by atoms with Crippen LogP contribution >= 0.6 is 0 Å². The van der Waals surface area contributed by atoms with Crippen molar-refractivity contribution in [2.75, 3.05) is 13.2 Å². The first-order chi connectivity index (χ1) is 17.7. The summed E-state index contributed by atoms with van der Waals surface area (Å²) in [5.41, 5.74) is -3.29. The van der Waals surface area contributed by atoms with Gasteiger partial charge in [-0.15, -0.1) is 0 Å². The van der Waals surface area contributed by atoms with Gasteiger partial charge in [-0.1, -0.05) is 32.1 Å². The quantitative estimate of drug-likeness (QED) is 0.230. The monoisotopic (exact) mass is 530 g/mol. The van der Waals surface area contributed by atoms with E-state index in [1.165, 1.54) is 13.8 Å². The van der Waals surface area contributed by atoms with Crippen LogP contribution in [0.5, 0.6) is 0 Å². The lowest BCUT2D eigenvalue weighted by molar-refractivity contribution is -0.202. The standard InChI is InChI=1S/C29H38O9/c1-8-14(2)26(34)38-25-15(3)11-28-16(4)9-21-22(27(21,7)13-37-18(6)31)20(24(28)33)10-19(12-36-17(5)30)23(32)29(25,28)35/h8,10-11,16,20-23,25,32,35H,9,12-13H2,1-7H3/b14-8-/t16-,20+,21-,22+,23-,25+,27-,28+,29+/m1/s1. The predicted octanol–water partition coefficient (Wildman–Crippen LogP) is 2.45. The molecule has 0 unspecified atom stereocenters. The van der Waals surface area contributed by atoms with Gasteiger partial charge in [-0.25, -0.2) is 4.79 Å². The van der Waals surface area contributed by atoms with Gasteiger partial charge in [0.1, 0.15) is 12.7 Å². The number of hydrogen-bond donors (Lipinski definition) is 2. The molecule has 0 aromatic heterocycles. The number of allylic oxidation sites excluding steroid dienone is 2. The maximum atomic E-state index is 14.6. The van der Waals surface area contributed by atoms with E-state index in [-0.39, 0.29) is 36.4 Å². The minimum atomic E-state index is -2.22. The van der Waals surface area contributed by atoms with E-state index in [0.717, 1.165) is 0 Å². The van der Waals surface area contributed by atoms with Crippen LogP contribution in [0.4, 0.5) is 0 Å². The summed E-state index contributed by atoms with van der Waals surface area (Å²) in [4.78, 5) is 50.7. The Hall–Kier alpha value is -2.78. The molecule has 9 nitrogen and oxygen atoms in total. The van der Waals surface area contributed by atoms with Crippen LogP contribution in [0, 0.1) is 34.5 Å². The predicted molar refractivity (Wildman–Crippen MR) is 135 cm³/mol. The Balaban J connectivity index is 1.87. The molecule has 4 aliphatic carbocycles. The Morgan fingerprint density at radius 3 is 2.37 bits per heavy atom. The number of ketones is 1. The molecule has 1 spiro atoms. The second kappa shape index (κ2) is 9.45. The minimum absolute atomic E-state index is 0.0106. The highest BCUT2D eigenvalue weighted by atomic mass is 16.6. The van der Waals surface area contributed by atoms with Gasteiger partial charge in [0, 0.05) is 30.8 Å². The SMILES string of the molecule is C/C=C(/C)C(=O)O[C@H]1C(C)=C[C@]23C(=O)[C@@H](C=C(COC(C)=O)[C@@H](O)[C@]12O)[C@H]1[C@@H](C[C@H]3C)[C@@]1(C)COC(C)=O. The van der Waals surface area contributed by atoms with E-state index in [2.05, 4.69) is 0 Å². The van der Waals surface area contributed by atoms with E-state index >= 15 is 0 Å². The number of Topliss-reactive ketones (excluding diaryl/α,β-unsaturated/α-hetero) is 1. The van der Waals surface area contributed by atoms with Crippen LogP contribution in [0.1, 0.15) is 54.9 Å². The molecular formula is C29H38O9. The number of carbonyl (C=O) groups is 4. The first-order valence-corrected chi connectivity index (χ1v) is 13.1. The van der Waals surface area contributed by atoms with Crippen LogP contribution in [0.3, 0.4) is 0 Å². The molecule has 2 fully saturated rings. The van der Waals surface area contributed by atoms with Gasteiger partial charge in [-0.3, -0.25) is 14.4 Å². The largest absolute Gasteiger partial charge is 0.465 e. The van der Waals surface area contributed by atoms with Gasteiger partial charge >= 0.3 is 17.9 Å². The van der Waals surface area contributed by atoms with Crippen LogP contribution in [0.25, 0.3) is 0 Å². The van der Waals surface area contributed by atoms with E-state index in [9.17, 15) is 29.4 Å². The molecule has 4 aliphatic rings. The molecule has 0 radical (unpaired) electrons. The van der Waals surface area contributed by atoms with Crippen molar-refractivity contribution in [1.82, 2.24) is 0 Å². The molecule has 9 heteroatoms. The minimum Gasteiger partial charge on any atom is -0.465 e. The van der Waals surface area contributed by atoms with Gasteiger partial charge < -0.3 is 24.4 Å². The zero-order valence-electron chi connectivity index (χ0n) is 23.1. The third-order valence-electron chi connectivity index (χ3n) is 9.52. The zero-order valence-corrected chi connectivity index (χ0v) is 23.1. The van der Waals surface area contributed by atoms with Crippen molar-refractivity contribution in [3.05, 3.63) is 34.9 Å². The Labute approximate surface area is 222 Å². The topological polar surface area (TPSA) is 136 Å². The number of aliphatic hydroxyl groups is 2. The second-order valence-electron chi connectivity index (χ2n) is 11.7. The van der Waals surface area contributed by atoms with E-state index in [1.807, 2.05) is 13.8 Å². The number of ether oxygens (including phenoxy) is 3. The number of hydrogen-bond acceptors (Lipinski definition) is 9. The fourth-order valence-corrected chi connectivity index (χ4v) is 7.37. The summed E-state index contributed by atoms with van der Waals surface area (Å²) in [7, 11) is 0. The zero-order chi connectivity index (χ0) is 28.4. The number of carbonyl (C=O) groups excluding carboxylic acids is 4. The number of aliphatic hydroxyl groups excluding tert-OH is 1. The Morgan fingerprint density at radius 2 is 1.79 bits per heavy atom. The van der Waals surface area contributed by atoms with Gasteiger partial charge in [0.2, 0.25) is 0 Å². The molecule has 0 saturated heterocycles. The maximum Gasteiger partial charge on any atom is 0.334 e. The van der Waals surface area contributed by atoms with Crippen LogP contribution < -0.4 is 0 Å².